The maximum absolute atomic E-state index is 4.50. The van der Waals surface area contributed by atoms with Crippen molar-refractivity contribution in [2.45, 2.75) is 59.7 Å². The molecule has 0 amide bonds. The molecule has 1 atom stereocenters. The molecule has 1 aliphatic heterocycles. The van der Waals surface area contributed by atoms with Gasteiger partial charge in [-0.25, -0.2) is 0 Å². The van der Waals surface area contributed by atoms with Crippen LogP contribution in [-0.4, -0.2) is 35.0 Å². The standard InChI is InChI=1S/C12H25N3/c1-6-7-14-9-13-15(11(4)5)12(14)8-10(2)3/h9-12H,6-8H2,1-5H3. The minimum absolute atomic E-state index is 0.477. The Hall–Kier alpha value is -0.730. The van der Waals surface area contributed by atoms with Gasteiger partial charge in [0.25, 0.3) is 0 Å². The fourth-order valence-electron chi connectivity index (χ4n) is 2.04. The topological polar surface area (TPSA) is 18.8 Å². The van der Waals surface area contributed by atoms with Crippen LogP contribution in [0.2, 0.25) is 0 Å². The summed E-state index contributed by atoms with van der Waals surface area (Å²) < 4.78 is 0. The monoisotopic (exact) mass is 211 g/mol. The molecule has 1 rings (SSSR count). The normalized spacial score (nSPS) is 21.1. The first kappa shape index (κ1) is 12.3. The summed E-state index contributed by atoms with van der Waals surface area (Å²) in [5, 5.41) is 6.74. The zero-order chi connectivity index (χ0) is 11.4. The Bertz CT molecular complexity index is 211. The van der Waals surface area contributed by atoms with Crippen LogP contribution in [0.4, 0.5) is 0 Å². The van der Waals surface area contributed by atoms with E-state index in [1.165, 1.54) is 12.8 Å². The van der Waals surface area contributed by atoms with Crippen LogP contribution < -0.4 is 0 Å². The molecule has 0 N–H and O–H groups in total. The summed E-state index contributed by atoms with van der Waals surface area (Å²) >= 11 is 0. The summed E-state index contributed by atoms with van der Waals surface area (Å²) in [6.07, 6.45) is 4.87. The third-order valence-electron chi connectivity index (χ3n) is 2.71. The first-order chi connectivity index (χ1) is 7.06. The molecule has 0 aromatic heterocycles. The van der Waals surface area contributed by atoms with E-state index in [0.29, 0.717) is 12.2 Å². The molecule has 0 radical (unpaired) electrons. The van der Waals surface area contributed by atoms with Crippen LogP contribution in [0.15, 0.2) is 5.10 Å². The molecule has 1 aliphatic rings. The molecule has 0 spiro atoms. The maximum Gasteiger partial charge on any atom is 0.119 e. The second-order valence-electron chi connectivity index (χ2n) is 5.05. The zero-order valence-corrected chi connectivity index (χ0v) is 10.8. The summed E-state index contributed by atoms with van der Waals surface area (Å²) in [6.45, 7) is 12.3. The second-order valence-corrected chi connectivity index (χ2v) is 5.05. The Morgan fingerprint density at radius 2 is 1.93 bits per heavy atom. The third kappa shape index (κ3) is 3.11. The smallest absolute Gasteiger partial charge is 0.119 e. The van der Waals surface area contributed by atoms with Gasteiger partial charge in [-0.3, -0.25) is 5.01 Å². The van der Waals surface area contributed by atoms with Crippen LogP contribution >= 0.6 is 0 Å². The molecule has 0 aromatic carbocycles. The van der Waals surface area contributed by atoms with Crippen LogP contribution in [0, 0.1) is 5.92 Å². The molecule has 0 fully saturated rings. The molecule has 3 heteroatoms. The van der Waals surface area contributed by atoms with Crippen LogP contribution in [0.1, 0.15) is 47.5 Å². The van der Waals surface area contributed by atoms with Crippen molar-refractivity contribution in [3.8, 4) is 0 Å². The van der Waals surface area contributed by atoms with Crippen molar-refractivity contribution in [2.24, 2.45) is 11.0 Å². The Morgan fingerprint density at radius 1 is 1.27 bits per heavy atom. The number of hydrazone groups is 1. The van der Waals surface area contributed by atoms with Gasteiger partial charge >= 0.3 is 0 Å². The van der Waals surface area contributed by atoms with Gasteiger partial charge in [0.15, 0.2) is 0 Å². The van der Waals surface area contributed by atoms with Crippen LogP contribution in [0.25, 0.3) is 0 Å². The lowest BCUT2D eigenvalue weighted by molar-refractivity contribution is 0.0820. The van der Waals surface area contributed by atoms with Crippen molar-refractivity contribution in [1.29, 1.82) is 0 Å². The first-order valence-corrected chi connectivity index (χ1v) is 6.14. The van der Waals surface area contributed by atoms with Crippen molar-refractivity contribution in [3.63, 3.8) is 0 Å². The number of hydrogen-bond donors (Lipinski definition) is 0. The van der Waals surface area contributed by atoms with Crippen molar-refractivity contribution >= 4 is 6.34 Å². The molecular weight excluding hydrogens is 186 g/mol. The van der Waals surface area contributed by atoms with Gasteiger partial charge in [0.2, 0.25) is 0 Å². The highest BCUT2D eigenvalue weighted by molar-refractivity contribution is 5.57. The molecule has 0 aromatic rings. The summed E-state index contributed by atoms with van der Waals surface area (Å²) in [7, 11) is 0. The molecular formula is C12H25N3. The third-order valence-corrected chi connectivity index (χ3v) is 2.71. The predicted octanol–water partition coefficient (Wildman–Crippen LogP) is 2.74. The molecule has 15 heavy (non-hydrogen) atoms. The Balaban J connectivity index is 2.64. The summed E-state index contributed by atoms with van der Waals surface area (Å²) in [5.74, 6) is 0.720. The van der Waals surface area contributed by atoms with Crippen molar-refractivity contribution in [2.75, 3.05) is 6.54 Å². The van der Waals surface area contributed by atoms with Gasteiger partial charge in [0.05, 0.1) is 0 Å². The average molecular weight is 211 g/mol. The zero-order valence-electron chi connectivity index (χ0n) is 10.8. The molecule has 0 saturated carbocycles. The molecule has 1 unspecified atom stereocenters. The molecule has 0 saturated heterocycles. The lowest BCUT2D eigenvalue weighted by atomic mass is 10.1. The maximum atomic E-state index is 4.50. The second kappa shape index (κ2) is 5.38. The summed E-state index contributed by atoms with van der Waals surface area (Å²) in [6, 6.07) is 0.492. The van der Waals surface area contributed by atoms with E-state index in [2.05, 4.69) is 49.6 Å². The van der Waals surface area contributed by atoms with Crippen molar-refractivity contribution < 1.29 is 0 Å². The van der Waals surface area contributed by atoms with E-state index >= 15 is 0 Å². The van der Waals surface area contributed by atoms with E-state index < -0.39 is 0 Å². The average Bonchev–Trinajstić information content (AvgIpc) is 2.48. The van der Waals surface area contributed by atoms with E-state index in [1.54, 1.807) is 0 Å². The first-order valence-electron chi connectivity index (χ1n) is 6.14. The molecule has 0 aliphatic carbocycles. The molecule has 0 bridgehead atoms. The van der Waals surface area contributed by atoms with Crippen LogP contribution in [0.3, 0.4) is 0 Å². The molecule has 3 nitrogen and oxygen atoms in total. The van der Waals surface area contributed by atoms with Crippen molar-refractivity contribution in [1.82, 2.24) is 9.91 Å². The highest BCUT2D eigenvalue weighted by atomic mass is 15.6. The van der Waals surface area contributed by atoms with Gasteiger partial charge in [-0.1, -0.05) is 20.8 Å². The Kier molecular flexibility index (Phi) is 4.43. The summed E-state index contributed by atoms with van der Waals surface area (Å²) in [5.41, 5.74) is 0. The van der Waals surface area contributed by atoms with Gasteiger partial charge in [-0.2, -0.15) is 5.10 Å². The van der Waals surface area contributed by atoms with Gasteiger partial charge in [0.1, 0.15) is 12.5 Å². The fraction of sp³-hybridized carbons (Fsp3) is 0.917. The summed E-state index contributed by atoms with van der Waals surface area (Å²) in [4.78, 5) is 2.38. The van der Waals surface area contributed by atoms with E-state index in [4.69, 9.17) is 0 Å². The highest BCUT2D eigenvalue weighted by Crippen LogP contribution is 2.22. The van der Waals surface area contributed by atoms with Gasteiger partial charge in [0, 0.05) is 12.6 Å². The highest BCUT2D eigenvalue weighted by Gasteiger charge is 2.29. The SMILES string of the molecule is CCCN1C=NN(C(C)C)C1CC(C)C. The quantitative estimate of drug-likeness (QED) is 0.696. The Morgan fingerprint density at radius 3 is 2.40 bits per heavy atom. The van der Waals surface area contributed by atoms with E-state index in [0.717, 1.165) is 12.5 Å². The van der Waals surface area contributed by atoms with Crippen molar-refractivity contribution in [3.05, 3.63) is 0 Å². The van der Waals surface area contributed by atoms with E-state index in [-0.39, 0.29) is 0 Å². The number of nitrogens with zero attached hydrogens (tertiary/aromatic N) is 3. The minimum atomic E-state index is 0.477. The number of hydrogen-bond acceptors (Lipinski definition) is 3. The largest absolute Gasteiger partial charge is 0.339 e. The van der Waals surface area contributed by atoms with Crippen LogP contribution in [-0.2, 0) is 0 Å². The fourth-order valence-corrected chi connectivity index (χ4v) is 2.04. The lowest BCUT2D eigenvalue weighted by Crippen LogP contribution is -2.43. The predicted molar refractivity (Wildman–Crippen MR) is 65.7 cm³/mol. The van der Waals surface area contributed by atoms with Gasteiger partial charge < -0.3 is 4.90 Å². The van der Waals surface area contributed by atoms with Crippen LogP contribution in [0.5, 0.6) is 0 Å². The number of rotatable bonds is 5. The molecule has 1 heterocycles. The lowest BCUT2D eigenvalue weighted by Gasteiger charge is -2.33. The van der Waals surface area contributed by atoms with Gasteiger partial charge in [-0.05, 0) is 32.6 Å². The van der Waals surface area contributed by atoms with E-state index in [1.807, 2.05) is 6.34 Å². The molecule has 88 valence electrons. The minimum Gasteiger partial charge on any atom is -0.339 e. The van der Waals surface area contributed by atoms with Gasteiger partial charge in [-0.15, -0.1) is 0 Å². The van der Waals surface area contributed by atoms with E-state index in [9.17, 15) is 0 Å². The Labute approximate surface area is 94.1 Å².